The van der Waals surface area contributed by atoms with E-state index in [1.165, 1.54) is 0 Å². The highest BCUT2D eigenvalue weighted by molar-refractivity contribution is 5.16. The molecule has 1 aliphatic rings. The third kappa shape index (κ3) is 1.42. The maximum Gasteiger partial charge on any atom is 0.111 e. The number of halogens is 1. The molecule has 0 aliphatic carbocycles. The molecule has 0 saturated carbocycles. The van der Waals surface area contributed by atoms with Crippen LogP contribution in [0.4, 0.5) is 4.39 Å². The van der Waals surface area contributed by atoms with Crippen molar-refractivity contribution >= 4 is 0 Å². The first kappa shape index (κ1) is 8.64. The van der Waals surface area contributed by atoms with E-state index in [-0.39, 0.29) is 12.2 Å². The smallest absolute Gasteiger partial charge is 0.111 e. The van der Waals surface area contributed by atoms with Crippen LogP contribution in [0.3, 0.4) is 0 Å². The molecule has 0 aromatic rings. The predicted octanol–water partition coefficient (Wildman–Crippen LogP) is -0.0197. The first-order chi connectivity index (χ1) is 5.20. The lowest BCUT2D eigenvalue weighted by atomic mass is 10.1. The molecule has 3 atom stereocenters. The van der Waals surface area contributed by atoms with Crippen molar-refractivity contribution < 1.29 is 19.3 Å². The standard InChI is InChI=1S/C7H11FO3/c1-4-5(2-8)7(10)6(3-9)11-4/h2,4,6-7,9-10H,3H2,1H3/t4-,6+,7-/m0/s1. The Kier molecular flexibility index (Phi) is 2.59. The van der Waals surface area contributed by atoms with Gasteiger partial charge in [0.1, 0.15) is 12.2 Å². The SMILES string of the molecule is C[C@@H]1O[C@H](CO)[C@@H](O)C1=CF. The lowest BCUT2D eigenvalue weighted by molar-refractivity contribution is -0.0170. The zero-order chi connectivity index (χ0) is 8.43. The summed E-state index contributed by atoms with van der Waals surface area (Å²) in [5.74, 6) is 0. The molecule has 3 nitrogen and oxygen atoms in total. The van der Waals surface area contributed by atoms with Gasteiger partial charge in [0.25, 0.3) is 0 Å². The highest BCUT2D eigenvalue weighted by atomic mass is 19.1. The summed E-state index contributed by atoms with van der Waals surface area (Å²) in [5.41, 5.74) is 0.198. The third-order valence-corrected chi connectivity index (χ3v) is 1.85. The fraction of sp³-hybridized carbons (Fsp3) is 0.714. The fourth-order valence-electron chi connectivity index (χ4n) is 1.17. The molecule has 1 rings (SSSR count). The minimum absolute atomic E-state index is 0.198. The van der Waals surface area contributed by atoms with Crippen LogP contribution in [-0.2, 0) is 4.74 Å². The second kappa shape index (κ2) is 3.30. The van der Waals surface area contributed by atoms with E-state index < -0.39 is 18.3 Å². The predicted molar refractivity (Wildman–Crippen MR) is 36.6 cm³/mol. The molecular formula is C7H11FO3. The summed E-state index contributed by atoms with van der Waals surface area (Å²) in [7, 11) is 0. The van der Waals surface area contributed by atoms with Crippen LogP contribution >= 0.6 is 0 Å². The summed E-state index contributed by atoms with van der Waals surface area (Å²) >= 11 is 0. The molecule has 0 aromatic carbocycles. The average molecular weight is 162 g/mol. The number of rotatable bonds is 1. The van der Waals surface area contributed by atoms with Crippen molar-refractivity contribution in [3.05, 3.63) is 11.9 Å². The van der Waals surface area contributed by atoms with Crippen LogP contribution in [0, 0.1) is 0 Å². The van der Waals surface area contributed by atoms with Gasteiger partial charge in [0, 0.05) is 5.57 Å². The molecule has 1 fully saturated rings. The van der Waals surface area contributed by atoms with Gasteiger partial charge in [-0.2, -0.15) is 0 Å². The summed E-state index contributed by atoms with van der Waals surface area (Å²) < 4.78 is 17.0. The normalized spacial score (nSPS) is 41.8. The van der Waals surface area contributed by atoms with Crippen LogP contribution in [0.5, 0.6) is 0 Å². The van der Waals surface area contributed by atoms with Crippen molar-refractivity contribution in [2.24, 2.45) is 0 Å². The molecule has 0 unspecified atom stereocenters. The summed E-state index contributed by atoms with van der Waals surface area (Å²) in [6.45, 7) is 1.34. The van der Waals surface area contributed by atoms with Crippen LogP contribution in [0.15, 0.2) is 11.9 Å². The molecule has 0 amide bonds. The zero-order valence-electron chi connectivity index (χ0n) is 6.20. The van der Waals surface area contributed by atoms with Crippen LogP contribution in [0.1, 0.15) is 6.92 Å². The molecule has 4 heteroatoms. The van der Waals surface area contributed by atoms with Crippen molar-refractivity contribution in [2.75, 3.05) is 6.61 Å². The highest BCUT2D eigenvalue weighted by Crippen LogP contribution is 2.25. The Morgan fingerprint density at radius 1 is 1.73 bits per heavy atom. The summed E-state index contributed by atoms with van der Waals surface area (Å²) in [6.07, 6.45) is -1.77. The molecule has 1 heterocycles. The molecule has 1 saturated heterocycles. The van der Waals surface area contributed by atoms with Crippen molar-refractivity contribution in [1.29, 1.82) is 0 Å². The Labute approximate surface area is 64.1 Å². The largest absolute Gasteiger partial charge is 0.394 e. The van der Waals surface area contributed by atoms with Crippen LogP contribution in [-0.4, -0.2) is 35.1 Å². The number of aliphatic hydroxyl groups excluding tert-OH is 2. The van der Waals surface area contributed by atoms with Gasteiger partial charge in [-0.1, -0.05) is 0 Å². The minimum atomic E-state index is -1.00. The van der Waals surface area contributed by atoms with E-state index in [1.807, 2.05) is 0 Å². The lowest BCUT2D eigenvalue weighted by Gasteiger charge is -2.08. The molecule has 64 valence electrons. The molecule has 0 bridgehead atoms. The van der Waals surface area contributed by atoms with Crippen molar-refractivity contribution in [3.63, 3.8) is 0 Å². The number of aliphatic hydroxyl groups is 2. The molecule has 0 spiro atoms. The summed E-state index contributed by atoms with van der Waals surface area (Å²) in [6, 6.07) is 0. The Morgan fingerprint density at radius 2 is 2.36 bits per heavy atom. The maximum absolute atomic E-state index is 12.0. The third-order valence-electron chi connectivity index (χ3n) is 1.85. The van der Waals surface area contributed by atoms with Gasteiger partial charge in [-0.15, -0.1) is 0 Å². The van der Waals surface area contributed by atoms with E-state index in [0.29, 0.717) is 6.33 Å². The van der Waals surface area contributed by atoms with E-state index in [0.717, 1.165) is 0 Å². The Morgan fingerprint density at radius 3 is 2.64 bits per heavy atom. The van der Waals surface area contributed by atoms with Gasteiger partial charge < -0.3 is 14.9 Å². The Hall–Kier alpha value is -0.450. The van der Waals surface area contributed by atoms with Crippen LogP contribution in [0.2, 0.25) is 0 Å². The van der Waals surface area contributed by atoms with Gasteiger partial charge in [0.15, 0.2) is 0 Å². The number of hydrogen-bond acceptors (Lipinski definition) is 3. The van der Waals surface area contributed by atoms with E-state index in [9.17, 15) is 9.50 Å². The monoisotopic (exact) mass is 162 g/mol. The second-order valence-corrected chi connectivity index (χ2v) is 2.55. The van der Waals surface area contributed by atoms with Gasteiger partial charge in [0.2, 0.25) is 0 Å². The fourth-order valence-corrected chi connectivity index (χ4v) is 1.17. The van der Waals surface area contributed by atoms with Crippen molar-refractivity contribution in [3.8, 4) is 0 Å². The van der Waals surface area contributed by atoms with Crippen molar-refractivity contribution in [1.82, 2.24) is 0 Å². The maximum atomic E-state index is 12.0. The van der Waals surface area contributed by atoms with E-state index in [2.05, 4.69) is 0 Å². The van der Waals surface area contributed by atoms with Gasteiger partial charge in [-0.05, 0) is 6.92 Å². The quantitative estimate of drug-likeness (QED) is 0.569. The molecule has 0 radical (unpaired) electrons. The van der Waals surface area contributed by atoms with Gasteiger partial charge in [-0.3, -0.25) is 0 Å². The first-order valence-electron chi connectivity index (χ1n) is 3.45. The topological polar surface area (TPSA) is 49.7 Å². The zero-order valence-corrected chi connectivity index (χ0v) is 6.20. The summed E-state index contributed by atoms with van der Waals surface area (Å²) in [4.78, 5) is 0. The average Bonchev–Trinajstić information content (AvgIpc) is 2.26. The summed E-state index contributed by atoms with van der Waals surface area (Å²) in [5, 5.41) is 17.9. The van der Waals surface area contributed by atoms with Crippen LogP contribution < -0.4 is 0 Å². The number of ether oxygens (including phenoxy) is 1. The van der Waals surface area contributed by atoms with E-state index in [1.54, 1.807) is 6.92 Å². The molecule has 11 heavy (non-hydrogen) atoms. The highest BCUT2D eigenvalue weighted by Gasteiger charge is 2.35. The van der Waals surface area contributed by atoms with E-state index in [4.69, 9.17) is 9.84 Å². The Bertz CT molecular complexity index is 169. The lowest BCUT2D eigenvalue weighted by Crippen LogP contribution is -2.25. The Balaban J connectivity index is 2.71. The van der Waals surface area contributed by atoms with Gasteiger partial charge in [0.05, 0.1) is 19.0 Å². The van der Waals surface area contributed by atoms with E-state index >= 15 is 0 Å². The molecular weight excluding hydrogens is 151 g/mol. The molecule has 2 N–H and O–H groups in total. The second-order valence-electron chi connectivity index (χ2n) is 2.55. The van der Waals surface area contributed by atoms with Crippen molar-refractivity contribution in [2.45, 2.75) is 25.2 Å². The van der Waals surface area contributed by atoms with Gasteiger partial charge >= 0.3 is 0 Å². The molecule has 1 aliphatic heterocycles. The number of hydrogen-bond donors (Lipinski definition) is 2. The molecule has 0 aromatic heterocycles. The first-order valence-corrected chi connectivity index (χ1v) is 3.45. The van der Waals surface area contributed by atoms with Gasteiger partial charge in [-0.25, -0.2) is 4.39 Å². The van der Waals surface area contributed by atoms with Crippen LogP contribution in [0.25, 0.3) is 0 Å². The minimum Gasteiger partial charge on any atom is -0.394 e.